The molecule has 0 atom stereocenters. The Kier molecular flexibility index (Phi) is 5.31. The SMILES string of the molecule is CCNCc1sc(-c2ccc(OC)cc2F)nc1C(C)C. The van der Waals surface area contributed by atoms with Crippen LogP contribution in [0.1, 0.15) is 37.3 Å². The molecule has 0 aliphatic rings. The second-order valence-corrected chi connectivity index (χ2v) is 6.19. The molecular formula is C16H21FN2OS. The first-order chi connectivity index (χ1) is 10.1. The van der Waals surface area contributed by atoms with E-state index in [0.29, 0.717) is 17.2 Å². The molecule has 0 aliphatic heterocycles. The third-order valence-corrected chi connectivity index (χ3v) is 4.32. The molecule has 0 fully saturated rings. The zero-order valence-corrected chi connectivity index (χ0v) is 13.7. The summed E-state index contributed by atoms with van der Waals surface area (Å²) in [6.45, 7) is 7.97. The third kappa shape index (κ3) is 3.60. The number of hydrogen-bond donors (Lipinski definition) is 1. The van der Waals surface area contributed by atoms with Gasteiger partial charge >= 0.3 is 0 Å². The molecule has 0 amide bonds. The van der Waals surface area contributed by atoms with Crippen LogP contribution in [0.3, 0.4) is 0 Å². The normalized spacial score (nSPS) is 11.1. The molecule has 1 N–H and O–H groups in total. The van der Waals surface area contributed by atoms with Crippen molar-refractivity contribution in [3.05, 3.63) is 34.6 Å². The zero-order chi connectivity index (χ0) is 15.4. The summed E-state index contributed by atoms with van der Waals surface area (Å²) >= 11 is 1.55. The van der Waals surface area contributed by atoms with Crippen molar-refractivity contribution in [3.63, 3.8) is 0 Å². The summed E-state index contributed by atoms with van der Waals surface area (Å²) in [4.78, 5) is 5.82. The van der Waals surface area contributed by atoms with Gasteiger partial charge in [-0.05, 0) is 24.6 Å². The van der Waals surface area contributed by atoms with Crippen molar-refractivity contribution in [3.8, 4) is 16.3 Å². The number of hydrogen-bond acceptors (Lipinski definition) is 4. The van der Waals surface area contributed by atoms with Gasteiger partial charge in [0.2, 0.25) is 0 Å². The minimum atomic E-state index is -0.298. The van der Waals surface area contributed by atoms with E-state index in [2.05, 4.69) is 31.1 Å². The number of nitrogens with one attached hydrogen (secondary N) is 1. The minimum Gasteiger partial charge on any atom is -0.497 e. The second kappa shape index (κ2) is 7.00. The van der Waals surface area contributed by atoms with Gasteiger partial charge < -0.3 is 10.1 Å². The summed E-state index contributed by atoms with van der Waals surface area (Å²) in [6.07, 6.45) is 0. The van der Waals surface area contributed by atoms with E-state index in [0.717, 1.165) is 23.8 Å². The Morgan fingerprint density at radius 2 is 2.14 bits per heavy atom. The average Bonchev–Trinajstić information content (AvgIpc) is 2.89. The van der Waals surface area contributed by atoms with Crippen molar-refractivity contribution in [2.75, 3.05) is 13.7 Å². The van der Waals surface area contributed by atoms with Gasteiger partial charge in [0.25, 0.3) is 0 Å². The summed E-state index contributed by atoms with van der Waals surface area (Å²) in [5, 5.41) is 4.04. The Labute approximate surface area is 129 Å². The maximum atomic E-state index is 14.2. The van der Waals surface area contributed by atoms with Crippen LogP contribution in [0.2, 0.25) is 0 Å². The van der Waals surface area contributed by atoms with Crippen LogP contribution in [0.5, 0.6) is 5.75 Å². The van der Waals surface area contributed by atoms with E-state index in [4.69, 9.17) is 4.74 Å². The van der Waals surface area contributed by atoms with Gasteiger partial charge in [-0.3, -0.25) is 0 Å². The number of benzene rings is 1. The van der Waals surface area contributed by atoms with Crippen molar-refractivity contribution in [2.45, 2.75) is 33.2 Å². The zero-order valence-electron chi connectivity index (χ0n) is 12.9. The number of rotatable bonds is 6. The predicted octanol–water partition coefficient (Wildman–Crippen LogP) is 4.19. The smallest absolute Gasteiger partial charge is 0.137 e. The number of methoxy groups -OCH3 is 1. The largest absolute Gasteiger partial charge is 0.497 e. The van der Waals surface area contributed by atoms with Gasteiger partial charge in [0.1, 0.15) is 16.6 Å². The molecule has 114 valence electrons. The van der Waals surface area contributed by atoms with Gasteiger partial charge in [-0.2, -0.15) is 0 Å². The van der Waals surface area contributed by atoms with Crippen molar-refractivity contribution in [1.29, 1.82) is 0 Å². The summed E-state index contributed by atoms with van der Waals surface area (Å²) in [5.74, 6) is 0.545. The van der Waals surface area contributed by atoms with E-state index < -0.39 is 0 Å². The number of thiazole rings is 1. The summed E-state index contributed by atoms with van der Waals surface area (Å²) in [5.41, 5.74) is 1.58. The summed E-state index contributed by atoms with van der Waals surface area (Å²) in [7, 11) is 1.53. The first-order valence-corrected chi connectivity index (χ1v) is 7.92. The molecule has 3 nitrogen and oxygen atoms in total. The van der Waals surface area contributed by atoms with E-state index in [1.54, 1.807) is 23.5 Å². The highest BCUT2D eigenvalue weighted by atomic mass is 32.1. The summed E-state index contributed by atoms with van der Waals surface area (Å²) < 4.78 is 19.2. The lowest BCUT2D eigenvalue weighted by Gasteiger charge is -2.04. The lowest BCUT2D eigenvalue weighted by Crippen LogP contribution is -2.12. The second-order valence-electron chi connectivity index (χ2n) is 5.11. The van der Waals surface area contributed by atoms with Gasteiger partial charge in [-0.25, -0.2) is 9.37 Å². The molecule has 0 bridgehead atoms. The Balaban J connectivity index is 2.39. The Hall–Kier alpha value is -1.46. The Morgan fingerprint density at radius 3 is 2.71 bits per heavy atom. The predicted molar refractivity (Wildman–Crippen MR) is 85.5 cm³/mol. The van der Waals surface area contributed by atoms with Crippen molar-refractivity contribution in [1.82, 2.24) is 10.3 Å². The standard InChI is InChI=1S/C16H21FN2OS/c1-5-18-9-14-15(10(2)3)19-16(21-14)12-7-6-11(20-4)8-13(12)17/h6-8,10,18H,5,9H2,1-4H3. The number of aromatic nitrogens is 1. The first-order valence-electron chi connectivity index (χ1n) is 7.11. The lowest BCUT2D eigenvalue weighted by atomic mass is 10.1. The lowest BCUT2D eigenvalue weighted by molar-refractivity contribution is 0.411. The Bertz CT molecular complexity index is 610. The molecule has 1 heterocycles. The quantitative estimate of drug-likeness (QED) is 0.869. The molecule has 2 aromatic rings. The molecular weight excluding hydrogens is 287 g/mol. The van der Waals surface area contributed by atoms with Crippen molar-refractivity contribution < 1.29 is 9.13 Å². The van der Waals surface area contributed by atoms with Gasteiger partial charge in [0.15, 0.2) is 0 Å². The van der Waals surface area contributed by atoms with Crippen LogP contribution < -0.4 is 10.1 Å². The van der Waals surface area contributed by atoms with Gasteiger partial charge in [-0.1, -0.05) is 20.8 Å². The summed E-state index contributed by atoms with van der Waals surface area (Å²) in [6, 6.07) is 4.89. The fourth-order valence-corrected chi connectivity index (χ4v) is 3.30. The number of nitrogens with zero attached hydrogens (tertiary/aromatic N) is 1. The van der Waals surface area contributed by atoms with Gasteiger partial charge in [-0.15, -0.1) is 11.3 Å². The van der Waals surface area contributed by atoms with E-state index >= 15 is 0 Å². The maximum absolute atomic E-state index is 14.2. The highest BCUT2D eigenvalue weighted by molar-refractivity contribution is 7.15. The number of halogens is 1. The van der Waals surface area contributed by atoms with Crippen LogP contribution >= 0.6 is 11.3 Å². The highest BCUT2D eigenvalue weighted by Crippen LogP contribution is 2.34. The van der Waals surface area contributed by atoms with E-state index in [1.165, 1.54) is 18.1 Å². The van der Waals surface area contributed by atoms with E-state index in [1.807, 2.05) is 0 Å². The van der Waals surface area contributed by atoms with E-state index in [9.17, 15) is 4.39 Å². The van der Waals surface area contributed by atoms with Crippen LogP contribution in [0.4, 0.5) is 4.39 Å². The molecule has 0 aliphatic carbocycles. The molecule has 1 aromatic heterocycles. The molecule has 5 heteroatoms. The topological polar surface area (TPSA) is 34.1 Å². The van der Waals surface area contributed by atoms with Crippen LogP contribution in [0, 0.1) is 5.82 Å². The Morgan fingerprint density at radius 1 is 1.38 bits per heavy atom. The average molecular weight is 308 g/mol. The molecule has 2 rings (SSSR count). The van der Waals surface area contributed by atoms with Crippen LogP contribution in [0.15, 0.2) is 18.2 Å². The first kappa shape index (κ1) is 15.9. The van der Waals surface area contributed by atoms with Crippen LogP contribution in [-0.2, 0) is 6.54 Å². The fraction of sp³-hybridized carbons (Fsp3) is 0.438. The fourth-order valence-electron chi connectivity index (χ4n) is 2.09. The molecule has 0 spiro atoms. The maximum Gasteiger partial charge on any atom is 0.137 e. The number of ether oxygens (including phenoxy) is 1. The van der Waals surface area contributed by atoms with Crippen molar-refractivity contribution in [2.24, 2.45) is 0 Å². The molecule has 0 saturated carbocycles. The molecule has 21 heavy (non-hydrogen) atoms. The van der Waals surface area contributed by atoms with Crippen LogP contribution in [-0.4, -0.2) is 18.6 Å². The van der Waals surface area contributed by atoms with Crippen molar-refractivity contribution >= 4 is 11.3 Å². The third-order valence-electron chi connectivity index (χ3n) is 3.22. The minimum absolute atomic E-state index is 0.298. The van der Waals surface area contributed by atoms with Crippen LogP contribution in [0.25, 0.3) is 10.6 Å². The van der Waals surface area contributed by atoms with E-state index in [-0.39, 0.29) is 5.82 Å². The van der Waals surface area contributed by atoms with Gasteiger partial charge in [0.05, 0.1) is 12.8 Å². The monoisotopic (exact) mass is 308 g/mol. The molecule has 0 unspecified atom stereocenters. The molecule has 1 aromatic carbocycles. The van der Waals surface area contributed by atoms with Gasteiger partial charge in [0, 0.05) is 23.1 Å². The molecule has 0 radical (unpaired) electrons. The molecule has 0 saturated heterocycles. The highest BCUT2D eigenvalue weighted by Gasteiger charge is 2.17.